The van der Waals surface area contributed by atoms with Crippen LogP contribution in [0.4, 0.5) is 11.6 Å². The first-order chi connectivity index (χ1) is 9.93. The zero-order valence-electron chi connectivity index (χ0n) is 14.3. The molecular weight excluding hydrogens is 262 g/mol. The van der Waals surface area contributed by atoms with Gasteiger partial charge in [-0.2, -0.15) is 0 Å². The van der Waals surface area contributed by atoms with Crippen LogP contribution < -0.4 is 10.2 Å². The highest BCUT2D eigenvalue weighted by Gasteiger charge is 2.24. The van der Waals surface area contributed by atoms with Crippen LogP contribution in [0.25, 0.3) is 0 Å². The Kier molecular flexibility index (Phi) is 5.04. The average Bonchev–Trinajstić information content (AvgIpc) is 2.47. The molecule has 0 saturated carbocycles. The van der Waals surface area contributed by atoms with E-state index in [9.17, 15) is 0 Å². The summed E-state index contributed by atoms with van der Waals surface area (Å²) in [5, 5.41) is 3.21. The number of nitrogens with zero attached hydrogens (tertiary/aromatic N) is 4. The summed E-state index contributed by atoms with van der Waals surface area (Å²) < 4.78 is 0. The van der Waals surface area contributed by atoms with Crippen LogP contribution in [0.5, 0.6) is 0 Å². The number of rotatable bonds is 4. The molecule has 1 N–H and O–H groups in total. The van der Waals surface area contributed by atoms with Gasteiger partial charge >= 0.3 is 0 Å². The summed E-state index contributed by atoms with van der Waals surface area (Å²) in [5.41, 5.74) is 1.14. The van der Waals surface area contributed by atoms with Crippen LogP contribution in [0.3, 0.4) is 0 Å². The maximum Gasteiger partial charge on any atom is 0.137 e. The van der Waals surface area contributed by atoms with E-state index in [1.165, 1.54) is 12.8 Å². The van der Waals surface area contributed by atoms with E-state index >= 15 is 0 Å². The second-order valence-electron chi connectivity index (χ2n) is 6.43. The van der Waals surface area contributed by atoms with Crippen molar-refractivity contribution in [3.05, 3.63) is 11.4 Å². The molecule has 5 heteroatoms. The number of nitrogens with one attached hydrogen (secondary N) is 1. The minimum Gasteiger partial charge on any atom is -0.373 e. The monoisotopic (exact) mass is 291 g/mol. The van der Waals surface area contributed by atoms with Crippen LogP contribution in [0, 0.1) is 6.92 Å². The van der Waals surface area contributed by atoms with Gasteiger partial charge in [0.05, 0.1) is 0 Å². The molecule has 1 aliphatic heterocycles. The van der Waals surface area contributed by atoms with Crippen LogP contribution >= 0.6 is 0 Å². The van der Waals surface area contributed by atoms with Crippen LogP contribution in [0.2, 0.25) is 0 Å². The molecule has 0 aromatic carbocycles. The Hall–Kier alpha value is -1.36. The standard InChI is InChI=1S/C16H29N5/c1-11(2)14-18-15(17-4)12(3)16(19-14)21(6)13-7-9-20(5)10-8-13/h11,13H,7-10H2,1-6H3,(H,17,18,19). The highest BCUT2D eigenvalue weighted by molar-refractivity contribution is 5.58. The molecule has 0 spiro atoms. The van der Waals surface area contributed by atoms with Gasteiger partial charge in [-0.3, -0.25) is 0 Å². The summed E-state index contributed by atoms with van der Waals surface area (Å²) in [6.07, 6.45) is 2.39. The molecule has 1 aliphatic rings. The van der Waals surface area contributed by atoms with Gasteiger partial charge in [0.25, 0.3) is 0 Å². The number of hydrogen-bond acceptors (Lipinski definition) is 5. The highest BCUT2D eigenvalue weighted by atomic mass is 15.2. The molecule has 2 heterocycles. The smallest absolute Gasteiger partial charge is 0.137 e. The zero-order valence-corrected chi connectivity index (χ0v) is 14.3. The SMILES string of the molecule is CNc1nc(C(C)C)nc(N(C)C2CCN(C)CC2)c1C. The van der Waals surface area contributed by atoms with Gasteiger partial charge in [0.15, 0.2) is 0 Å². The number of hydrogen-bond donors (Lipinski definition) is 1. The fourth-order valence-electron chi connectivity index (χ4n) is 2.92. The summed E-state index contributed by atoms with van der Waals surface area (Å²) >= 11 is 0. The lowest BCUT2D eigenvalue weighted by molar-refractivity contribution is 0.252. The van der Waals surface area contributed by atoms with Crippen molar-refractivity contribution in [3.63, 3.8) is 0 Å². The van der Waals surface area contributed by atoms with E-state index in [4.69, 9.17) is 4.98 Å². The van der Waals surface area contributed by atoms with Crippen molar-refractivity contribution < 1.29 is 0 Å². The summed E-state index contributed by atoms with van der Waals surface area (Å²) in [7, 11) is 6.30. The Labute approximate surface area is 128 Å². The minimum atomic E-state index is 0.335. The van der Waals surface area contributed by atoms with E-state index in [1.807, 2.05) is 7.05 Å². The van der Waals surface area contributed by atoms with Gasteiger partial charge in [0.1, 0.15) is 17.5 Å². The molecule has 0 radical (unpaired) electrons. The second kappa shape index (κ2) is 6.60. The van der Waals surface area contributed by atoms with E-state index in [-0.39, 0.29) is 0 Å². The fraction of sp³-hybridized carbons (Fsp3) is 0.750. The average molecular weight is 291 g/mol. The maximum absolute atomic E-state index is 4.84. The topological polar surface area (TPSA) is 44.3 Å². The van der Waals surface area contributed by atoms with E-state index in [1.54, 1.807) is 0 Å². The second-order valence-corrected chi connectivity index (χ2v) is 6.43. The lowest BCUT2D eigenvalue weighted by atomic mass is 10.0. The molecule has 0 bridgehead atoms. The van der Waals surface area contributed by atoms with Crippen molar-refractivity contribution in [2.75, 3.05) is 44.4 Å². The number of aromatic nitrogens is 2. The van der Waals surface area contributed by atoms with E-state index in [0.29, 0.717) is 12.0 Å². The van der Waals surface area contributed by atoms with Gasteiger partial charge in [-0.15, -0.1) is 0 Å². The molecule has 5 nitrogen and oxygen atoms in total. The van der Waals surface area contributed by atoms with Crippen molar-refractivity contribution in [3.8, 4) is 0 Å². The van der Waals surface area contributed by atoms with Gasteiger partial charge in [-0.05, 0) is 39.9 Å². The number of piperidine rings is 1. The van der Waals surface area contributed by atoms with Crippen molar-refractivity contribution in [1.29, 1.82) is 0 Å². The van der Waals surface area contributed by atoms with Crippen molar-refractivity contribution in [1.82, 2.24) is 14.9 Å². The third-order valence-corrected chi connectivity index (χ3v) is 4.46. The van der Waals surface area contributed by atoms with Crippen molar-refractivity contribution in [2.45, 2.75) is 45.6 Å². The fourth-order valence-corrected chi connectivity index (χ4v) is 2.92. The largest absolute Gasteiger partial charge is 0.373 e. The Bertz CT molecular complexity index is 478. The van der Waals surface area contributed by atoms with Gasteiger partial charge < -0.3 is 15.1 Å². The van der Waals surface area contributed by atoms with Crippen LogP contribution in [-0.4, -0.2) is 55.1 Å². The van der Waals surface area contributed by atoms with Gasteiger partial charge in [0.2, 0.25) is 0 Å². The molecular formula is C16H29N5. The maximum atomic E-state index is 4.84. The third kappa shape index (κ3) is 3.46. The van der Waals surface area contributed by atoms with Gasteiger partial charge in [0, 0.05) is 31.6 Å². The summed E-state index contributed by atoms with van der Waals surface area (Å²) in [5.74, 6) is 3.28. The molecule has 1 aromatic rings. The number of anilines is 2. The Morgan fingerprint density at radius 3 is 2.38 bits per heavy atom. The summed E-state index contributed by atoms with van der Waals surface area (Å²) in [6.45, 7) is 8.72. The molecule has 0 aliphatic carbocycles. The lowest BCUT2D eigenvalue weighted by Crippen LogP contribution is -2.42. The molecule has 2 rings (SSSR count). The first kappa shape index (κ1) is 16.0. The normalized spacial score (nSPS) is 17.3. The Morgan fingerprint density at radius 1 is 1.24 bits per heavy atom. The van der Waals surface area contributed by atoms with Crippen LogP contribution in [0.1, 0.15) is 44.0 Å². The molecule has 1 fully saturated rings. The Balaban J connectivity index is 2.30. The van der Waals surface area contributed by atoms with E-state index in [2.05, 4.69) is 55.0 Å². The third-order valence-electron chi connectivity index (χ3n) is 4.46. The number of likely N-dealkylation sites (tertiary alicyclic amines) is 1. The first-order valence-corrected chi connectivity index (χ1v) is 7.91. The van der Waals surface area contributed by atoms with E-state index < -0.39 is 0 Å². The quantitative estimate of drug-likeness (QED) is 0.923. The summed E-state index contributed by atoms with van der Waals surface area (Å²) in [6, 6.07) is 0.569. The lowest BCUT2D eigenvalue weighted by Gasteiger charge is -2.36. The predicted molar refractivity (Wildman–Crippen MR) is 89.3 cm³/mol. The van der Waals surface area contributed by atoms with Crippen LogP contribution in [-0.2, 0) is 0 Å². The highest BCUT2D eigenvalue weighted by Crippen LogP contribution is 2.28. The van der Waals surface area contributed by atoms with E-state index in [0.717, 1.165) is 36.1 Å². The van der Waals surface area contributed by atoms with Gasteiger partial charge in [-0.25, -0.2) is 9.97 Å². The van der Waals surface area contributed by atoms with Gasteiger partial charge in [-0.1, -0.05) is 13.8 Å². The zero-order chi connectivity index (χ0) is 15.6. The van der Waals surface area contributed by atoms with Crippen LogP contribution in [0.15, 0.2) is 0 Å². The molecule has 118 valence electrons. The first-order valence-electron chi connectivity index (χ1n) is 7.91. The van der Waals surface area contributed by atoms with Crippen molar-refractivity contribution in [2.24, 2.45) is 0 Å². The molecule has 0 amide bonds. The van der Waals surface area contributed by atoms with Crippen molar-refractivity contribution >= 4 is 11.6 Å². The minimum absolute atomic E-state index is 0.335. The molecule has 0 atom stereocenters. The molecule has 1 aromatic heterocycles. The predicted octanol–water partition coefficient (Wildman–Crippen LogP) is 2.48. The molecule has 1 saturated heterocycles. The molecule has 21 heavy (non-hydrogen) atoms. The Morgan fingerprint density at radius 2 is 1.86 bits per heavy atom. The molecule has 0 unspecified atom stereocenters. The summed E-state index contributed by atoms with van der Waals surface area (Å²) in [4.78, 5) is 14.2.